The molecule has 0 saturated heterocycles. The highest BCUT2D eigenvalue weighted by Crippen LogP contribution is 2.15. The highest BCUT2D eigenvalue weighted by atomic mass is 79.9. The molecule has 4 heteroatoms. The second-order valence-corrected chi connectivity index (χ2v) is 3.49. The number of phenols is 1. The van der Waals surface area contributed by atoms with Gasteiger partial charge in [0, 0.05) is 12.1 Å². The molecule has 0 aliphatic carbocycles. The van der Waals surface area contributed by atoms with Crippen molar-refractivity contribution in [1.29, 1.82) is 0 Å². The molecule has 0 saturated carbocycles. The summed E-state index contributed by atoms with van der Waals surface area (Å²) in [6.45, 7) is 0.235. The van der Waals surface area contributed by atoms with E-state index >= 15 is 0 Å². The number of aromatic nitrogens is 1. The molecule has 2 aromatic rings. The molecule has 1 heterocycles. The number of hydrogen-bond donors (Lipinski definition) is 1. The second kappa shape index (κ2) is 6.15. The van der Waals surface area contributed by atoms with Crippen LogP contribution in [0.3, 0.4) is 0 Å². The quantitative estimate of drug-likeness (QED) is 0.557. The number of halogens is 1. The molecular formula is C13H12BrNO2. The molecule has 0 unspecified atom stereocenters. The smallest absolute Gasteiger partial charge is 0.231 e. The third-order valence-corrected chi connectivity index (χ3v) is 2.31. The van der Waals surface area contributed by atoms with Crippen molar-refractivity contribution in [2.75, 3.05) is 0 Å². The Kier molecular flexibility index (Phi) is 4.84. The Hall–Kier alpha value is -1.68. The zero-order chi connectivity index (χ0) is 11.4. The molecule has 0 fully saturated rings. The lowest BCUT2D eigenvalue weighted by atomic mass is 10.1. The summed E-state index contributed by atoms with van der Waals surface area (Å²) in [6, 6.07) is 12.2. The number of pyridine rings is 1. The van der Waals surface area contributed by atoms with Gasteiger partial charge < -0.3 is 22.1 Å². The molecule has 1 aromatic carbocycles. The fourth-order valence-electron chi connectivity index (χ4n) is 1.50. The van der Waals surface area contributed by atoms with Crippen LogP contribution in [0.25, 0.3) is 0 Å². The number of benzene rings is 1. The molecule has 0 radical (unpaired) electrons. The SMILES string of the molecule is O=C(C[n+]1ccccc1)c1ccccc1O.[Br-]. The first kappa shape index (κ1) is 13.4. The molecule has 0 spiro atoms. The maximum absolute atomic E-state index is 11.9. The van der Waals surface area contributed by atoms with Crippen LogP contribution in [0.1, 0.15) is 10.4 Å². The fourth-order valence-corrected chi connectivity index (χ4v) is 1.50. The van der Waals surface area contributed by atoms with Gasteiger partial charge in [0.15, 0.2) is 12.4 Å². The summed E-state index contributed by atoms with van der Waals surface area (Å²) < 4.78 is 1.77. The Morgan fingerprint density at radius 1 is 1.06 bits per heavy atom. The van der Waals surface area contributed by atoms with Gasteiger partial charge in [-0.2, -0.15) is 4.57 Å². The summed E-state index contributed by atoms with van der Waals surface area (Å²) in [5.41, 5.74) is 0.360. The summed E-state index contributed by atoms with van der Waals surface area (Å²) in [7, 11) is 0. The number of nitrogens with zero attached hydrogens (tertiary/aromatic N) is 1. The van der Waals surface area contributed by atoms with E-state index in [0.29, 0.717) is 5.56 Å². The Balaban J connectivity index is 0.00000144. The molecule has 0 atom stereocenters. The maximum Gasteiger partial charge on any atom is 0.231 e. The number of phenolic OH excluding ortho intramolecular Hbond substituents is 1. The molecule has 0 aliphatic rings. The zero-order valence-corrected chi connectivity index (χ0v) is 10.7. The average Bonchev–Trinajstić information content (AvgIpc) is 2.31. The van der Waals surface area contributed by atoms with Crippen molar-refractivity contribution >= 4 is 5.78 Å². The monoisotopic (exact) mass is 293 g/mol. The minimum atomic E-state index is -0.102. The van der Waals surface area contributed by atoms with E-state index in [9.17, 15) is 9.90 Å². The van der Waals surface area contributed by atoms with E-state index in [1.165, 1.54) is 6.07 Å². The molecule has 88 valence electrons. The summed E-state index contributed by atoms with van der Waals surface area (Å²) in [5.74, 6) is -0.0710. The Labute approximate surface area is 110 Å². The van der Waals surface area contributed by atoms with Crippen LogP contribution in [0.2, 0.25) is 0 Å². The summed E-state index contributed by atoms with van der Waals surface area (Å²) >= 11 is 0. The number of carbonyl (C=O) groups excluding carboxylic acids is 1. The van der Waals surface area contributed by atoms with Gasteiger partial charge in [-0.25, -0.2) is 0 Å². The first-order valence-corrected chi connectivity index (χ1v) is 5.02. The molecule has 1 N–H and O–H groups in total. The van der Waals surface area contributed by atoms with Crippen LogP contribution in [-0.2, 0) is 6.54 Å². The standard InChI is InChI=1S/C13H11NO2.BrH/c15-12-7-3-2-6-11(12)13(16)10-14-8-4-1-5-9-14;/h1-9H,10H2;1H. The third kappa shape index (κ3) is 3.39. The van der Waals surface area contributed by atoms with Gasteiger partial charge in [0.2, 0.25) is 12.3 Å². The zero-order valence-electron chi connectivity index (χ0n) is 9.08. The normalized spacial score (nSPS) is 9.41. The number of carbonyl (C=O) groups is 1. The Bertz CT molecular complexity index is 500. The van der Waals surface area contributed by atoms with Gasteiger partial charge in [0.05, 0.1) is 5.56 Å². The van der Waals surface area contributed by atoms with Gasteiger partial charge in [-0.05, 0) is 12.1 Å². The fraction of sp³-hybridized carbons (Fsp3) is 0.0769. The van der Waals surface area contributed by atoms with E-state index in [0.717, 1.165) is 0 Å². The van der Waals surface area contributed by atoms with Gasteiger partial charge >= 0.3 is 0 Å². The van der Waals surface area contributed by atoms with E-state index in [1.54, 1.807) is 22.8 Å². The van der Waals surface area contributed by atoms with E-state index in [2.05, 4.69) is 0 Å². The van der Waals surface area contributed by atoms with Crippen LogP contribution in [0, 0.1) is 0 Å². The van der Waals surface area contributed by atoms with Crippen LogP contribution in [0.15, 0.2) is 54.9 Å². The predicted molar refractivity (Wildman–Crippen MR) is 59.1 cm³/mol. The largest absolute Gasteiger partial charge is 1.00 e. The van der Waals surface area contributed by atoms with Crippen LogP contribution in [-0.4, -0.2) is 10.9 Å². The van der Waals surface area contributed by atoms with Gasteiger partial charge in [0.1, 0.15) is 5.75 Å². The number of Topliss-reactive ketones (excluding diaryl/α,β-unsaturated/α-hetero) is 1. The second-order valence-electron chi connectivity index (χ2n) is 3.49. The molecule has 17 heavy (non-hydrogen) atoms. The van der Waals surface area contributed by atoms with Gasteiger partial charge in [-0.1, -0.05) is 18.2 Å². The molecule has 0 amide bonds. The van der Waals surface area contributed by atoms with E-state index in [1.807, 2.05) is 30.6 Å². The van der Waals surface area contributed by atoms with E-state index in [-0.39, 0.29) is 35.1 Å². The molecular weight excluding hydrogens is 282 g/mol. The van der Waals surface area contributed by atoms with Gasteiger partial charge in [0.25, 0.3) is 0 Å². The third-order valence-electron chi connectivity index (χ3n) is 2.31. The Morgan fingerprint density at radius 3 is 2.35 bits per heavy atom. The van der Waals surface area contributed by atoms with Crippen LogP contribution in [0.4, 0.5) is 0 Å². The van der Waals surface area contributed by atoms with Crippen LogP contribution in [0.5, 0.6) is 5.75 Å². The molecule has 0 bridgehead atoms. The molecule has 1 aromatic heterocycles. The van der Waals surface area contributed by atoms with Crippen molar-refractivity contribution in [3.8, 4) is 5.75 Å². The summed E-state index contributed by atoms with van der Waals surface area (Å²) in [6.07, 6.45) is 3.63. The number of ketones is 1. The van der Waals surface area contributed by atoms with Crippen molar-refractivity contribution in [1.82, 2.24) is 0 Å². The molecule has 3 nitrogen and oxygen atoms in total. The first-order chi connectivity index (χ1) is 7.77. The Morgan fingerprint density at radius 2 is 1.71 bits per heavy atom. The molecule has 0 aliphatic heterocycles. The number of para-hydroxylation sites is 1. The summed E-state index contributed by atoms with van der Waals surface area (Å²) in [4.78, 5) is 11.9. The average molecular weight is 294 g/mol. The van der Waals surface area contributed by atoms with Crippen LogP contribution >= 0.6 is 0 Å². The summed E-state index contributed by atoms with van der Waals surface area (Å²) in [5, 5.41) is 9.53. The number of hydrogen-bond acceptors (Lipinski definition) is 2. The van der Waals surface area contributed by atoms with Crippen LogP contribution < -0.4 is 21.5 Å². The topological polar surface area (TPSA) is 41.2 Å². The van der Waals surface area contributed by atoms with Gasteiger partial charge in [-0.15, -0.1) is 0 Å². The minimum absolute atomic E-state index is 0. The first-order valence-electron chi connectivity index (χ1n) is 5.02. The lowest BCUT2D eigenvalue weighted by Crippen LogP contribution is -3.00. The maximum atomic E-state index is 11.9. The minimum Gasteiger partial charge on any atom is -1.00 e. The highest BCUT2D eigenvalue weighted by molar-refractivity contribution is 5.97. The molecule has 2 rings (SSSR count). The lowest BCUT2D eigenvalue weighted by Gasteiger charge is -2.00. The van der Waals surface area contributed by atoms with E-state index in [4.69, 9.17) is 0 Å². The number of aromatic hydroxyl groups is 1. The van der Waals surface area contributed by atoms with Crippen molar-refractivity contribution in [2.45, 2.75) is 6.54 Å². The van der Waals surface area contributed by atoms with Crippen molar-refractivity contribution in [3.63, 3.8) is 0 Å². The van der Waals surface area contributed by atoms with Gasteiger partial charge in [-0.3, -0.25) is 4.79 Å². The van der Waals surface area contributed by atoms with Crippen molar-refractivity contribution in [2.24, 2.45) is 0 Å². The van der Waals surface area contributed by atoms with E-state index < -0.39 is 0 Å². The van der Waals surface area contributed by atoms with Crippen molar-refractivity contribution in [3.05, 3.63) is 60.4 Å². The highest BCUT2D eigenvalue weighted by Gasteiger charge is 2.14. The van der Waals surface area contributed by atoms with Crippen molar-refractivity contribution < 1.29 is 31.4 Å². The predicted octanol–water partition coefficient (Wildman–Crippen LogP) is -1.43. The lowest BCUT2D eigenvalue weighted by molar-refractivity contribution is -0.683. The number of rotatable bonds is 3.